The number of thiophene rings is 1. The number of guanidine groups is 1. The van der Waals surface area contributed by atoms with Gasteiger partial charge in [0.05, 0.1) is 2.88 Å². The van der Waals surface area contributed by atoms with E-state index in [0.29, 0.717) is 6.04 Å². The van der Waals surface area contributed by atoms with Crippen molar-refractivity contribution in [3.05, 3.63) is 32.0 Å². The second-order valence-electron chi connectivity index (χ2n) is 4.24. The van der Waals surface area contributed by atoms with Crippen LogP contribution in [-0.4, -0.2) is 25.6 Å². The van der Waals surface area contributed by atoms with Crippen molar-refractivity contribution in [2.75, 3.05) is 13.6 Å². The normalized spacial score (nSPS) is 16.2. The molecule has 0 saturated carbocycles. The molecule has 0 spiro atoms. The monoisotopic (exact) mass is 375 g/mol. The molecule has 0 fully saturated rings. The number of hydrogen-bond donors (Lipinski definition) is 2. The second-order valence-corrected chi connectivity index (χ2v) is 7.30. The van der Waals surface area contributed by atoms with Crippen LogP contribution in [0.3, 0.4) is 0 Å². The summed E-state index contributed by atoms with van der Waals surface area (Å²) in [5.74, 6) is 0.912. The maximum Gasteiger partial charge on any atom is 0.191 e. The van der Waals surface area contributed by atoms with Gasteiger partial charge >= 0.3 is 0 Å². The molecule has 1 aliphatic rings. The molecule has 0 saturated heterocycles. The first kappa shape index (κ1) is 13.9. The van der Waals surface area contributed by atoms with E-state index < -0.39 is 0 Å². The van der Waals surface area contributed by atoms with Gasteiger partial charge in [0.1, 0.15) is 0 Å². The number of nitrogens with zero attached hydrogens (tertiary/aromatic N) is 1. The van der Waals surface area contributed by atoms with Crippen LogP contribution >= 0.6 is 33.9 Å². The minimum atomic E-state index is 0.513. The Morgan fingerprint density at radius 3 is 2.83 bits per heavy atom. The summed E-state index contributed by atoms with van der Waals surface area (Å²) in [6.45, 7) is 0.927. The van der Waals surface area contributed by atoms with Gasteiger partial charge in [0.15, 0.2) is 5.96 Å². The van der Waals surface area contributed by atoms with E-state index in [1.54, 1.807) is 0 Å². The molecule has 2 rings (SSSR count). The van der Waals surface area contributed by atoms with Crippen LogP contribution in [0.25, 0.3) is 0 Å². The van der Waals surface area contributed by atoms with Crippen LogP contribution in [0, 0.1) is 2.88 Å². The van der Waals surface area contributed by atoms with Gasteiger partial charge in [0.2, 0.25) is 0 Å². The van der Waals surface area contributed by atoms with E-state index >= 15 is 0 Å². The fourth-order valence-electron chi connectivity index (χ4n) is 1.91. The standard InChI is InChI=1S/C13H18IN3S/c1-15-13(17-10-4-2-3-5-10)16-9-8-11-6-7-12(14)18-11/h2-3,6-7,10H,4-5,8-9H2,1H3,(H2,15,16,17). The predicted octanol–water partition coefficient (Wildman–Crippen LogP) is 2.78. The topological polar surface area (TPSA) is 36.4 Å². The molecule has 18 heavy (non-hydrogen) atoms. The highest BCUT2D eigenvalue weighted by Gasteiger charge is 2.11. The van der Waals surface area contributed by atoms with Crippen molar-refractivity contribution in [2.24, 2.45) is 4.99 Å². The predicted molar refractivity (Wildman–Crippen MR) is 87.4 cm³/mol. The molecule has 98 valence electrons. The van der Waals surface area contributed by atoms with Crippen molar-refractivity contribution in [1.29, 1.82) is 0 Å². The minimum Gasteiger partial charge on any atom is -0.356 e. The van der Waals surface area contributed by atoms with E-state index in [0.717, 1.165) is 31.8 Å². The van der Waals surface area contributed by atoms with Crippen LogP contribution in [0.1, 0.15) is 17.7 Å². The molecule has 1 heterocycles. The molecule has 0 radical (unpaired) electrons. The summed E-state index contributed by atoms with van der Waals surface area (Å²) < 4.78 is 1.35. The highest BCUT2D eigenvalue weighted by atomic mass is 127. The Morgan fingerprint density at radius 2 is 2.22 bits per heavy atom. The minimum absolute atomic E-state index is 0.513. The molecule has 5 heteroatoms. The largest absolute Gasteiger partial charge is 0.356 e. The van der Waals surface area contributed by atoms with Crippen LogP contribution in [0.2, 0.25) is 0 Å². The number of aliphatic imine (C=N–C) groups is 1. The van der Waals surface area contributed by atoms with Gasteiger partial charge in [-0.1, -0.05) is 12.2 Å². The molecule has 0 aromatic carbocycles. The van der Waals surface area contributed by atoms with Gasteiger partial charge in [-0.2, -0.15) is 0 Å². The van der Waals surface area contributed by atoms with E-state index in [9.17, 15) is 0 Å². The Kier molecular flexibility index (Phi) is 5.49. The van der Waals surface area contributed by atoms with E-state index in [4.69, 9.17) is 0 Å². The molecule has 0 aliphatic heterocycles. The van der Waals surface area contributed by atoms with Crippen molar-refractivity contribution in [3.8, 4) is 0 Å². The zero-order valence-corrected chi connectivity index (χ0v) is 13.4. The first-order valence-electron chi connectivity index (χ1n) is 6.14. The molecule has 1 aliphatic carbocycles. The Bertz CT molecular complexity index is 431. The molecule has 0 atom stereocenters. The van der Waals surface area contributed by atoms with Gasteiger partial charge in [-0.05, 0) is 54.0 Å². The van der Waals surface area contributed by atoms with Crippen molar-refractivity contribution in [3.63, 3.8) is 0 Å². The molecule has 3 nitrogen and oxygen atoms in total. The van der Waals surface area contributed by atoms with E-state index in [2.05, 4.69) is 62.5 Å². The van der Waals surface area contributed by atoms with Crippen LogP contribution in [0.4, 0.5) is 0 Å². The van der Waals surface area contributed by atoms with Crippen LogP contribution in [0.5, 0.6) is 0 Å². The molecule has 0 amide bonds. The maximum absolute atomic E-state index is 4.26. The van der Waals surface area contributed by atoms with Crippen molar-refractivity contribution >= 4 is 39.9 Å². The van der Waals surface area contributed by atoms with Crippen LogP contribution in [-0.2, 0) is 6.42 Å². The van der Waals surface area contributed by atoms with Gasteiger partial charge in [-0.15, -0.1) is 11.3 Å². The second kappa shape index (κ2) is 7.13. The number of nitrogens with one attached hydrogen (secondary N) is 2. The molecular weight excluding hydrogens is 357 g/mol. The third-order valence-electron chi connectivity index (χ3n) is 2.87. The smallest absolute Gasteiger partial charge is 0.191 e. The van der Waals surface area contributed by atoms with E-state index in [-0.39, 0.29) is 0 Å². The zero-order chi connectivity index (χ0) is 12.8. The van der Waals surface area contributed by atoms with Gasteiger partial charge in [-0.3, -0.25) is 4.99 Å². The Morgan fingerprint density at radius 1 is 1.44 bits per heavy atom. The molecule has 0 bridgehead atoms. The summed E-state index contributed by atoms with van der Waals surface area (Å²) >= 11 is 4.22. The molecular formula is C13H18IN3S. The van der Waals surface area contributed by atoms with Gasteiger partial charge in [-0.25, -0.2) is 0 Å². The fraction of sp³-hybridized carbons (Fsp3) is 0.462. The first-order chi connectivity index (χ1) is 8.78. The van der Waals surface area contributed by atoms with E-state index in [1.807, 2.05) is 18.4 Å². The summed E-state index contributed by atoms with van der Waals surface area (Å²) in [5.41, 5.74) is 0. The third-order valence-corrected chi connectivity index (χ3v) is 4.82. The van der Waals surface area contributed by atoms with Gasteiger partial charge in [0.25, 0.3) is 0 Å². The lowest BCUT2D eigenvalue weighted by molar-refractivity contribution is 0.633. The summed E-state index contributed by atoms with van der Waals surface area (Å²) in [7, 11) is 1.83. The lowest BCUT2D eigenvalue weighted by atomic mass is 10.2. The lowest BCUT2D eigenvalue weighted by Gasteiger charge is -2.16. The number of rotatable bonds is 4. The third kappa shape index (κ3) is 4.28. The molecule has 1 aromatic rings. The van der Waals surface area contributed by atoms with Gasteiger partial charge < -0.3 is 10.6 Å². The molecule has 1 aromatic heterocycles. The fourth-order valence-corrected chi connectivity index (χ4v) is 3.67. The van der Waals surface area contributed by atoms with E-state index in [1.165, 1.54) is 7.76 Å². The summed E-state index contributed by atoms with van der Waals surface area (Å²) in [6.07, 6.45) is 7.70. The van der Waals surface area contributed by atoms with Crippen molar-refractivity contribution in [2.45, 2.75) is 25.3 Å². The summed E-state index contributed by atoms with van der Waals surface area (Å²) in [4.78, 5) is 5.68. The Balaban J connectivity index is 1.70. The van der Waals surface area contributed by atoms with Crippen molar-refractivity contribution < 1.29 is 0 Å². The van der Waals surface area contributed by atoms with Gasteiger partial charge in [0, 0.05) is 24.5 Å². The van der Waals surface area contributed by atoms with Crippen LogP contribution in [0.15, 0.2) is 29.3 Å². The average Bonchev–Trinajstić information content (AvgIpc) is 3.00. The highest BCUT2D eigenvalue weighted by molar-refractivity contribution is 14.1. The Hall–Kier alpha value is -0.560. The Labute approximate surface area is 126 Å². The SMILES string of the molecule is CN=C(NCCc1ccc(I)s1)NC1CC=CC1. The highest BCUT2D eigenvalue weighted by Crippen LogP contribution is 2.18. The summed E-state index contributed by atoms with van der Waals surface area (Å²) in [6, 6.07) is 4.88. The quantitative estimate of drug-likeness (QED) is 0.368. The van der Waals surface area contributed by atoms with Crippen LogP contribution < -0.4 is 10.6 Å². The number of halogens is 1. The molecule has 2 N–H and O–H groups in total. The number of hydrogen-bond acceptors (Lipinski definition) is 2. The zero-order valence-electron chi connectivity index (χ0n) is 10.4. The van der Waals surface area contributed by atoms with Crippen molar-refractivity contribution in [1.82, 2.24) is 10.6 Å². The average molecular weight is 375 g/mol. The first-order valence-corrected chi connectivity index (χ1v) is 8.04. The summed E-state index contributed by atoms with van der Waals surface area (Å²) in [5, 5.41) is 6.80. The lowest BCUT2D eigenvalue weighted by Crippen LogP contribution is -2.43. The molecule has 0 unspecified atom stereocenters. The maximum atomic E-state index is 4.26.